The normalized spacial score (nSPS) is 24.3. The molecule has 0 spiro atoms. The van der Waals surface area contributed by atoms with Gasteiger partial charge in [-0.2, -0.15) is 0 Å². The van der Waals surface area contributed by atoms with Gasteiger partial charge >= 0.3 is 0 Å². The van der Waals surface area contributed by atoms with E-state index in [4.69, 9.17) is 9.47 Å². The Morgan fingerprint density at radius 2 is 1.26 bits per heavy atom. The fourth-order valence-electron chi connectivity index (χ4n) is 4.17. The van der Waals surface area contributed by atoms with Crippen LogP contribution in [-0.2, 0) is 29.2 Å². The van der Waals surface area contributed by atoms with Crippen molar-refractivity contribution in [2.45, 2.75) is 50.3 Å². The van der Waals surface area contributed by atoms with Gasteiger partial charge in [-0.25, -0.2) is 0 Å². The van der Waals surface area contributed by atoms with E-state index in [-0.39, 0.29) is 18.1 Å². The maximum Gasteiger partial charge on any atom is 0.175 e. The highest BCUT2D eigenvalue weighted by Gasteiger charge is 2.45. The fraction of sp³-hybridized carbons (Fsp3) is 0.333. The molecule has 3 aromatic carbocycles. The van der Waals surface area contributed by atoms with Gasteiger partial charge in [-0.3, -0.25) is 0 Å². The summed E-state index contributed by atoms with van der Waals surface area (Å²) >= 11 is 0. The van der Waals surface area contributed by atoms with Crippen molar-refractivity contribution < 1.29 is 29.9 Å². The number of nitrogens with one attached hydrogen (secondary N) is 2. The van der Waals surface area contributed by atoms with Gasteiger partial charge in [0.2, 0.25) is 0 Å². The summed E-state index contributed by atoms with van der Waals surface area (Å²) in [6, 6.07) is 22.5. The predicted octanol–water partition coefficient (Wildman–Crippen LogP) is 2.01. The molecule has 0 bridgehead atoms. The second-order valence-electron chi connectivity index (χ2n) is 8.66. The molecule has 1 saturated heterocycles. The van der Waals surface area contributed by atoms with Gasteiger partial charge in [0, 0.05) is 13.1 Å². The second kappa shape index (κ2) is 12.1. The molecule has 35 heavy (non-hydrogen) atoms. The molecule has 0 amide bonds. The molecule has 3 aromatic rings. The van der Waals surface area contributed by atoms with Crippen LogP contribution in [-0.4, -0.2) is 57.6 Å². The van der Waals surface area contributed by atoms with Crippen LogP contribution in [0.1, 0.15) is 16.7 Å². The molecular formula is C27H32N2O6. The molecule has 5 atom stereocenters. The van der Waals surface area contributed by atoms with Crippen LogP contribution in [0.5, 0.6) is 11.5 Å². The van der Waals surface area contributed by atoms with Crippen LogP contribution < -0.4 is 10.6 Å². The van der Waals surface area contributed by atoms with E-state index in [0.717, 1.165) is 16.7 Å². The molecule has 0 saturated carbocycles. The van der Waals surface area contributed by atoms with Gasteiger partial charge in [0.05, 0.1) is 31.4 Å². The Hall–Kier alpha value is -2.98. The quantitative estimate of drug-likeness (QED) is 0.261. The summed E-state index contributed by atoms with van der Waals surface area (Å²) < 4.78 is 12.1. The largest absolute Gasteiger partial charge is 0.508 e. The van der Waals surface area contributed by atoms with Crippen LogP contribution in [0.4, 0.5) is 0 Å². The Morgan fingerprint density at radius 3 is 1.80 bits per heavy atom. The molecule has 186 valence electrons. The predicted molar refractivity (Wildman–Crippen MR) is 130 cm³/mol. The van der Waals surface area contributed by atoms with Gasteiger partial charge in [0.15, 0.2) is 6.29 Å². The summed E-state index contributed by atoms with van der Waals surface area (Å²) in [5.74, 6) is 0.372. The van der Waals surface area contributed by atoms with Gasteiger partial charge < -0.3 is 40.5 Å². The van der Waals surface area contributed by atoms with Gasteiger partial charge in [-0.1, -0.05) is 54.6 Å². The molecule has 8 nitrogen and oxygen atoms in total. The molecule has 6 N–H and O–H groups in total. The lowest BCUT2D eigenvalue weighted by Gasteiger charge is -2.45. The summed E-state index contributed by atoms with van der Waals surface area (Å²) in [7, 11) is 0. The van der Waals surface area contributed by atoms with Crippen molar-refractivity contribution in [3.05, 3.63) is 95.6 Å². The summed E-state index contributed by atoms with van der Waals surface area (Å²) in [6.07, 6.45) is -2.56. The molecule has 0 aliphatic carbocycles. The maximum atomic E-state index is 11.0. The lowest BCUT2D eigenvalue weighted by Crippen LogP contribution is -2.67. The van der Waals surface area contributed by atoms with Crippen LogP contribution in [0.25, 0.3) is 0 Å². The van der Waals surface area contributed by atoms with E-state index in [1.807, 2.05) is 42.5 Å². The summed E-state index contributed by atoms with van der Waals surface area (Å²) in [6.45, 7) is 0.840. The number of ether oxygens (including phenoxy) is 2. The van der Waals surface area contributed by atoms with E-state index in [9.17, 15) is 20.4 Å². The van der Waals surface area contributed by atoms with E-state index >= 15 is 0 Å². The molecule has 1 aliphatic heterocycles. The van der Waals surface area contributed by atoms with E-state index in [1.54, 1.807) is 36.4 Å². The molecule has 1 aliphatic rings. The van der Waals surface area contributed by atoms with E-state index in [0.29, 0.717) is 19.7 Å². The summed E-state index contributed by atoms with van der Waals surface area (Å²) in [4.78, 5) is 0. The molecule has 8 heteroatoms. The van der Waals surface area contributed by atoms with Crippen LogP contribution in [0.3, 0.4) is 0 Å². The minimum absolute atomic E-state index is 0.183. The van der Waals surface area contributed by atoms with E-state index in [1.165, 1.54) is 0 Å². The number of aromatic hydroxyl groups is 2. The zero-order chi connectivity index (χ0) is 24.6. The first kappa shape index (κ1) is 25.1. The van der Waals surface area contributed by atoms with Gasteiger partial charge in [-0.05, 0) is 41.0 Å². The van der Waals surface area contributed by atoms with E-state index in [2.05, 4.69) is 10.6 Å². The Labute approximate surface area is 204 Å². The SMILES string of the molecule is OC[C@H]1O[C@H](OCc2ccccc2)[C@H](NCc2ccc(O)cc2)[C@@H](NCc2ccc(O)cc2)[C@@H]1O. The molecule has 1 heterocycles. The number of phenolic OH excluding ortho intramolecular Hbond substituents is 2. The number of phenols is 2. The molecule has 1 fully saturated rings. The second-order valence-corrected chi connectivity index (χ2v) is 8.66. The van der Waals surface area contributed by atoms with Crippen molar-refractivity contribution in [3.63, 3.8) is 0 Å². The first-order valence-electron chi connectivity index (χ1n) is 11.7. The zero-order valence-electron chi connectivity index (χ0n) is 19.3. The van der Waals surface area contributed by atoms with Crippen molar-refractivity contribution >= 4 is 0 Å². The Bertz CT molecular complexity index is 1030. The topological polar surface area (TPSA) is 123 Å². The third kappa shape index (κ3) is 6.79. The highest BCUT2D eigenvalue weighted by molar-refractivity contribution is 5.27. The van der Waals surface area contributed by atoms with Crippen molar-refractivity contribution in [1.29, 1.82) is 0 Å². The van der Waals surface area contributed by atoms with Crippen LogP contribution >= 0.6 is 0 Å². The standard InChI is InChI=1S/C27H32N2O6/c30-16-23-26(33)24(28-14-18-6-10-21(31)11-7-18)25(29-15-19-8-12-22(32)13-9-19)27(35-23)34-17-20-4-2-1-3-5-20/h1-13,23-33H,14-17H2/t23-,24-,25-,26-,27+/m1/s1. The van der Waals surface area contributed by atoms with Gasteiger partial charge in [-0.15, -0.1) is 0 Å². The Morgan fingerprint density at radius 1 is 0.714 bits per heavy atom. The highest BCUT2D eigenvalue weighted by atomic mass is 16.7. The first-order valence-corrected chi connectivity index (χ1v) is 11.7. The third-order valence-electron chi connectivity index (χ3n) is 6.13. The maximum absolute atomic E-state index is 11.0. The molecule has 0 radical (unpaired) electrons. The molecule has 0 aromatic heterocycles. The first-order chi connectivity index (χ1) is 17.0. The van der Waals surface area contributed by atoms with Gasteiger partial charge in [0.25, 0.3) is 0 Å². The van der Waals surface area contributed by atoms with Crippen molar-refractivity contribution in [1.82, 2.24) is 10.6 Å². The number of hydrogen-bond donors (Lipinski definition) is 6. The smallest absolute Gasteiger partial charge is 0.175 e. The third-order valence-corrected chi connectivity index (χ3v) is 6.13. The number of rotatable bonds is 10. The minimum Gasteiger partial charge on any atom is -0.508 e. The number of hydrogen-bond acceptors (Lipinski definition) is 8. The zero-order valence-corrected chi connectivity index (χ0v) is 19.3. The number of benzene rings is 3. The average molecular weight is 481 g/mol. The van der Waals surface area contributed by atoms with E-state index < -0.39 is 30.6 Å². The van der Waals surface area contributed by atoms with Crippen LogP contribution in [0, 0.1) is 0 Å². The summed E-state index contributed by atoms with van der Waals surface area (Å²) in [5.41, 5.74) is 2.86. The van der Waals surface area contributed by atoms with Crippen molar-refractivity contribution in [2.75, 3.05) is 6.61 Å². The fourth-order valence-corrected chi connectivity index (χ4v) is 4.17. The highest BCUT2D eigenvalue weighted by Crippen LogP contribution is 2.24. The molecule has 4 rings (SSSR count). The molecular weight excluding hydrogens is 448 g/mol. The monoisotopic (exact) mass is 480 g/mol. The van der Waals surface area contributed by atoms with Crippen molar-refractivity contribution in [2.24, 2.45) is 0 Å². The van der Waals surface area contributed by atoms with Crippen molar-refractivity contribution in [3.8, 4) is 11.5 Å². The molecule has 0 unspecified atom stereocenters. The Kier molecular flexibility index (Phi) is 8.70. The average Bonchev–Trinajstić information content (AvgIpc) is 2.88. The number of aliphatic hydroxyl groups is 2. The van der Waals surface area contributed by atoms with Crippen LogP contribution in [0.15, 0.2) is 78.9 Å². The Balaban J connectivity index is 1.53. The summed E-state index contributed by atoms with van der Waals surface area (Å²) in [5, 5.41) is 46.9. The number of aliphatic hydroxyl groups excluding tert-OH is 2. The van der Waals surface area contributed by atoms with Crippen LogP contribution in [0.2, 0.25) is 0 Å². The lowest BCUT2D eigenvalue weighted by molar-refractivity contribution is -0.255. The lowest BCUT2D eigenvalue weighted by atomic mass is 9.93. The minimum atomic E-state index is -0.994. The van der Waals surface area contributed by atoms with Gasteiger partial charge in [0.1, 0.15) is 17.6 Å².